The number of amides is 5. The van der Waals surface area contributed by atoms with E-state index in [1.165, 1.54) is 83.6 Å². The lowest BCUT2D eigenvalue weighted by Crippen LogP contribution is -2.39. The van der Waals surface area contributed by atoms with E-state index in [1.807, 2.05) is 13.8 Å². The van der Waals surface area contributed by atoms with Gasteiger partial charge in [0.2, 0.25) is 23.1 Å². The van der Waals surface area contributed by atoms with Gasteiger partial charge in [-0.05, 0) is 113 Å². The van der Waals surface area contributed by atoms with E-state index >= 15 is 0 Å². The van der Waals surface area contributed by atoms with Crippen LogP contribution in [0.1, 0.15) is 104 Å². The molecular weight excluding hydrogens is 1220 g/mol. The molecule has 2 aliphatic heterocycles. The number of carbonyl (C=O) groups excluding carboxylic acids is 9. The molecule has 5 amide bonds. The number of Topliss-reactive ketones (excluding diaryl/α,β-unsaturated/α-hetero) is 2. The van der Waals surface area contributed by atoms with Crippen molar-refractivity contribution in [2.75, 3.05) is 54.6 Å². The molecule has 0 saturated heterocycles. The van der Waals surface area contributed by atoms with Crippen LogP contribution in [0.3, 0.4) is 0 Å². The Labute approximate surface area is 548 Å². The van der Waals surface area contributed by atoms with Gasteiger partial charge in [0.1, 0.15) is 18.0 Å². The van der Waals surface area contributed by atoms with Crippen molar-refractivity contribution in [1.29, 1.82) is 0 Å². The Morgan fingerprint density at radius 3 is 1.34 bits per heavy atom. The van der Waals surface area contributed by atoms with Crippen LogP contribution in [0.5, 0.6) is 0 Å². The normalized spacial score (nSPS) is 29.7. The Balaban J connectivity index is 1.41. The number of halogens is 1. The van der Waals surface area contributed by atoms with Gasteiger partial charge in [-0.15, -0.1) is 0 Å². The van der Waals surface area contributed by atoms with Crippen molar-refractivity contribution in [3.63, 3.8) is 0 Å². The lowest BCUT2D eigenvalue weighted by molar-refractivity contribution is -0.120. The van der Waals surface area contributed by atoms with Crippen LogP contribution in [0.25, 0.3) is 0 Å². The molecule has 1 aromatic rings. The summed E-state index contributed by atoms with van der Waals surface area (Å²) in [6.45, 7) is 13.7. The van der Waals surface area contributed by atoms with Crippen LogP contribution in [0.2, 0.25) is 0 Å². The largest absolute Gasteiger partial charge is 0.439 e. The minimum atomic E-state index is -1.11. The Morgan fingerprint density at radius 2 is 0.989 bits per heavy atom. The van der Waals surface area contributed by atoms with Gasteiger partial charge in [0, 0.05) is 106 Å². The highest BCUT2D eigenvalue weighted by Crippen LogP contribution is 2.32. The van der Waals surface area contributed by atoms with Crippen LogP contribution in [0.15, 0.2) is 141 Å². The maximum Gasteiger partial charge on any atom is 0.405 e. The first kappa shape index (κ1) is 76.3. The Bertz CT molecular complexity index is 3120. The fourth-order valence-corrected chi connectivity index (χ4v) is 11.6. The Kier molecular flexibility index (Phi) is 29.4. The molecule has 0 unspecified atom stereocenters. The third-order valence-corrected chi connectivity index (χ3v) is 16.8. The molecule has 2 heterocycles. The standard InChI is InChI=1S/C69H92FN7O17/c1-37-29-47-57(51(78)35-49(61(47)82)75-65(84)39(3)17-13-19-53(89-9)63(93-68(71)87)43(7)33-41(5)59(80)55(31-37)91-11)73-25-15-27-77(67(86)45-21-23-46(70)24-22-45)28-16-26-74-58-48-30-38(2)32-56(92-12)60(81)42(6)34-44(8)64(94-69(72)88)54(90-10)20-14-18-40(4)66(85)76-50(62(48)83)36-52(58)79/h13-14,17-24,33-38,41-42,53-56,59-60,63-64,73-74,80-81H,15-16,25-32H2,1-12H3,(H2,71,87)(H2,72,88)(H,75,84)(H,76,85)/b19-13-,20-14-,39-17+,40-18+,43-33+,44-34+/t37-,38+,41+,42-,53+,54-,55+,56-,59-,60+,63+,64-/i70-1. The van der Waals surface area contributed by atoms with Crippen molar-refractivity contribution < 1.29 is 86.2 Å². The van der Waals surface area contributed by atoms with E-state index in [0.717, 1.165) is 24.3 Å². The first-order valence-corrected chi connectivity index (χ1v) is 31.2. The van der Waals surface area contributed by atoms with E-state index in [2.05, 4.69) is 21.3 Å². The van der Waals surface area contributed by atoms with Gasteiger partial charge >= 0.3 is 12.2 Å². The number of benzene rings is 1. The summed E-state index contributed by atoms with van der Waals surface area (Å²) in [4.78, 5) is 124. The molecule has 0 radical (unpaired) electrons. The highest BCUT2D eigenvalue weighted by molar-refractivity contribution is 6.24. The molecular formula is C69H92FN7O17. The maximum atomic E-state index is 14.5. The number of primary amides is 2. The van der Waals surface area contributed by atoms with Crippen LogP contribution < -0.4 is 32.7 Å². The number of allylic oxidation sites excluding steroid dienone is 8. The molecule has 0 saturated carbocycles. The van der Waals surface area contributed by atoms with Gasteiger partial charge in [0.25, 0.3) is 17.7 Å². The third kappa shape index (κ3) is 21.3. The van der Waals surface area contributed by atoms with Gasteiger partial charge in [-0.2, -0.15) is 0 Å². The van der Waals surface area contributed by atoms with Crippen molar-refractivity contribution in [2.45, 2.75) is 143 Å². The summed E-state index contributed by atoms with van der Waals surface area (Å²) in [5, 5.41) is 34.8. The number of nitrogens with two attached hydrogens (primary N) is 2. The molecule has 12 atom stereocenters. The monoisotopic (exact) mass is 1310 g/mol. The summed E-state index contributed by atoms with van der Waals surface area (Å²) >= 11 is 0. The second-order valence-electron chi connectivity index (χ2n) is 24.2. The number of ketones is 4. The fraction of sp³-hybridized carbons (Fsp3) is 0.493. The van der Waals surface area contributed by atoms with Crippen LogP contribution in [-0.2, 0) is 57.2 Å². The van der Waals surface area contributed by atoms with Gasteiger partial charge in [-0.1, -0.05) is 76.3 Å². The first-order chi connectivity index (χ1) is 44.5. The predicted octanol–water partition coefficient (Wildman–Crippen LogP) is 5.78. The molecule has 5 rings (SSSR count). The smallest absolute Gasteiger partial charge is 0.405 e. The first-order valence-electron chi connectivity index (χ1n) is 31.2. The molecule has 1 aromatic carbocycles. The quantitative estimate of drug-likeness (QED) is 0.0520. The molecule has 0 spiro atoms. The molecule has 24 nitrogen and oxygen atoms in total. The number of aliphatic hydroxyl groups excluding tert-OH is 2. The zero-order chi connectivity index (χ0) is 69.7. The lowest BCUT2D eigenvalue weighted by Gasteiger charge is -2.30. The number of carbonyl (C=O) groups is 9. The van der Waals surface area contributed by atoms with E-state index in [-0.39, 0.29) is 115 Å². The summed E-state index contributed by atoms with van der Waals surface area (Å²) in [7, 11) is 5.66. The highest BCUT2D eigenvalue weighted by atomic mass is 18.2. The number of methoxy groups -OCH3 is 4. The minimum absolute atomic E-state index is 0.00623. The van der Waals surface area contributed by atoms with Crippen LogP contribution in [0.4, 0.5) is 14.0 Å². The molecule has 4 aliphatic rings. The number of fused-ring (bicyclic) bond motifs is 4. The average Bonchev–Trinajstić information content (AvgIpc) is 0.852. The van der Waals surface area contributed by atoms with Crippen molar-refractivity contribution in [3.8, 4) is 0 Å². The number of ether oxygens (including phenoxy) is 6. The Morgan fingerprint density at radius 1 is 0.606 bits per heavy atom. The Hall–Kier alpha value is -8.46. The van der Waals surface area contributed by atoms with E-state index in [4.69, 9.17) is 39.9 Å². The number of nitrogens with one attached hydrogen (secondary N) is 4. The fourth-order valence-electron chi connectivity index (χ4n) is 11.6. The molecule has 4 bridgehead atoms. The third-order valence-electron chi connectivity index (χ3n) is 16.8. The van der Waals surface area contributed by atoms with Crippen molar-refractivity contribution in [2.24, 2.45) is 35.1 Å². The second-order valence-corrected chi connectivity index (χ2v) is 24.2. The average molecular weight is 1310 g/mol. The van der Waals surface area contributed by atoms with Crippen LogP contribution >= 0.6 is 0 Å². The number of nitrogens with zero attached hydrogens (tertiary/aromatic N) is 1. The highest BCUT2D eigenvalue weighted by Gasteiger charge is 2.37. The number of rotatable bonds is 17. The lowest BCUT2D eigenvalue weighted by atomic mass is 9.85. The van der Waals surface area contributed by atoms with Crippen molar-refractivity contribution in [3.05, 3.63) is 153 Å². The number of hydrogen-bond donors (Lipinski definition) is 8. The summed E-state index contributed by atoms with van der Waals surface area (Å²) in [5.74, 6) is -6.90. The molecule has 94 heavy (non-hydrogen) atoms. The van der Waals surface area contributed by atoms with E-state index in [1.54, 1.807) is 52.0 Å². The van der Waals surface area contributed by atoms with Crippen LogP contribution in [-0.4, -0.2) is 172 Å². The van der Waals surface area contributed by atoms with E-state index < -0.39 is 131 Å². The molecule has 2 aliphatic carbocycles. The van der Waals surface area contributed by atoms with Gasteiger partial charge in [-0.25, -0.2) is 14.0 Å². The SMILES string of the molecule is CO[C@H]1/C=C\C=C(/C)C(=O)NC2=CC(=O)C(NCCCN(CCCNC3=C4C[C@H](C)C[C@@H](OC)[C@@H](O)[C@H](C)/C=C(\C)[C@@H](OC(N)=O)[C@H](OC)/C=C\C=C(/C)C(=O)NC(=CC3=O)C4=O)C(=O)c3ccc([18F])cc3)=C(C[C@@H](C)C[C@H](OC)[C@H](O)[C@@H](C)/C=C(\C)[C@@H]1OC(N)=O)C2=O. The van der Waals surface area contributed by atoms with Gasteiger partial charge in [0.15, 0.2) is 12.2 Å². The summed E-state index contributed by atoms with van der Waals surface area (Å²) < 4.78 is 48.0. The number of aliphatic hydroxyl groups is 2. The topological polar surface area (TPSA) is 353 Å². The van der Waals surface area contributed by atoms with Gasteiger partial charge in [0.05, 0.1) is 47.2 Å². The molecule has 512 valence electrons. The molecule has 25 heteroatoms. The van der Waals surface area contributed by atoms with Gasteiger partial charge in [-0.3, -0.25) is 33.6 Å². The zero-order valence-corrected chi connectivity index (χ0v) is 55.6. The number of hydrogen-bond acceptors (Lipinski definition) is 19. The second kappa shape index (κ2) is 36.3. The van der Waals surface area contributed by atoms with Crippen LogP contribution in [0, 0.1) is 29.5 Å². The summed E-state index contributed by atoms with van der Waals surface area (Å²) in [6.07, 6.45) is 5.50. The van der Waals surface area contributed by atoms with Crippen molar-refractivity contribution >= 4 is 53.0 Å². The van der Waals surface area contributed by atoms with Gasteiger partial charge < -0.3 is 76.3 Å². The van der Waals surface area contributed by atoms with E-state index in [9.17, 15) is 57.8 Å². The summed E-state index contributed by atoms with van der Waals surface area (Å²) in [5.41, 5.74) is 11.9. The zero-order valence-electron chi connectivity index (χ0n) is 55.6. The molecule has 10 N–H and O–H groups in total. The maximum absolute atomic E-state index is 14.5. The summed E-state index contributed by atoms with van der Waals surface area (Å²) in [6, 6.07) is 4.99. The molecule has 0 fully saturated rings. The minimum Gasteiger partial charge on any atom is -0.439 e. The molecule has 0 aromatic heterocycles. The predicted molar refractivity (Wildman–Crippen MR) is 347 cm³/mol. The van der Waals surface area contributed by atoms with Crippen molar-refractivity contribution in [1.82, 2.24) is 26.2 Å². The van der Waals surface area contributed by atoms with E-state index in [0.29, 0.717) is 11.1 Å².